The summed E-state index contributed by atoms with van der Waals surface area (Å²) in [6.07, 6.45) is 0. The van der Waals surface area contributed by atoms with Crippen molar-refractivity contribution in [2.75, 3.05) is 22.8 Å². The van der Waals surface area contributed by atoms with Gasteiger partial charge in [-0.1, -0.05) is 60.2 Å². The van der Waals surface area contributed by atoms with E-state index in [1.165, 1.54) is 12.1 Å². The molecule has 0 spiro atoms. The lowest BCUT2D eigenvalue weighted by Gasteiger charge is -2.24. The Bertz CT molecular complexity index is 1590. The fraction of sp³-hybridized carbons (Fsp3) is 0.188. The van der Waals surface area contributed by atoms with E-state index >= 15 is 0 Å². The number of carbonyl (C=O) groups excluding carboxylic acids is 2. The van der Waals surface area contributed by atoms with E-state index in [0.717, 1.165) is 15.4 Å². The number of hydrogen-bond acceptors (Lipinski definition) is 5. The van der Waals surface area contributed by atoms with Crippen LogP contribution in [0.3, 0.4) is 0 Å². The number of para-hydroxylation sites is 1. The second-order valence-electron chi connectivity index (χ2n) is 9.45. The molecule has 9 heteroatoms. The van der Waals surface area contributed by atoms with Gasteiger partial charge in [0.2, 0.25) is 5.91 Å². The van der Waals surface area contributed by atoms with E-state index in [1.807, 2.05) is 51.1 Å². The Balaban J connectivity index is 1.58. The number of nitrogens with zero attached hydrogens (tertiary/aromatic N) is 1. The zero-order valence-electron chi connectivity index (χ0n) is 23.2. The fourth-order valence-corrected chi connectivity index (χ4v) is 5.66. The predicted octanol–water partition coefficient (Wildman–Crippen LogP) is 5.72. The normalized spacial score (nSPS) is 11.8. The first-order valence-electron chi connectivity index (χ1n) is 13.3. The van der Waals surface area contributed by atoms with Crippen molar-refractivity contribution in [3.05, 3.63) is 120 Å². The summed E-state index contributed by atoms with van der Waals surface area (Å²) in [5.74, 6) is -0.392. The molecule has 2 N–H and O–H groups in total. The molecule has 1 atom stereocenters. The van der Waals surface area contributed by atoms with Crippen LogP contribution < -0.4 is 19.7 Å². The van der Waals surface area contributed by atoms with Crippen molar-refractivity contribution in [1.29, 1.82) is 0 Å². The molecule has 0 aliphatic carbocycles. The molecule has 2 amide bonds. The quantitative estimate of drug-likeness (QED) is 0.240. The summed E-state index contributed by atoms with van der Waals surface area (Å²) in [6, 6.07) is 28.8. The van der Waals surface area contributed by atoms with E-state index in [0.29, 0.717) is 18.0 Å². The average molecular weight is 572 g/mol. The highest BCUT2D eigenvalue weighted by Crippen LogP contribution is 2.27. The fourth-order valence-electron chi connectivity index (χ4n) is 4.24. The second-order valence-corrected chi connectivity index (χ2v) is 11.3. The van der Waals surface area contributed by atoms with Crippen molar-refractivity contribution in [1.82, 2.24) is 5.32 Å². The number of carbonyl (C=O) groups is 2. The lowest BCUT2D eigenvalue weighted by Crippen LogP contribution is -2.38. The van der Waals surface area contributed by atoms with Crippen LogP contribution in [0.4, 0.5) is 11.4 Å². The molecule has 8 nitrogen and oxygen atoms in total. The molecule has 4 rings (SSSR count). The van der Waals surface area contributed by atoms with Gasteiger partial charge in [-0.05, 0) is 74.9 Å². The van der Waals surface area contributed by atoms with Gasteiger partial charge in [0, 0.05) is 0 Å². The maximum absolute atomic E-state index is 13.7. The average Bonchev–Trinajstić information content (AvgIpc) is 2.97. The molecule has 41 heavy (non-hydrogen) atoms. The molecule has 4 aromatic rings. The van der Waals surface area contributed by atoms with Crippen LogP contribution in [0.2, 0.25) is 0 Å². The molecule has 4 aromatic carbocycles. The van der Waals surface area contributed by atoms with Crippen LogP contribution in [0.5, 0.6) is 5.75 Å². The summed E-state index contributed by atoms with van der Waals surface area (Å²) < 4.78 is 34.0. The SMILES string of the molecule is CCOc1ccc(N(CC(=O)Nc2ccccc2C(=O)N[C@@H](C)c2ccccc2)S(=O)(=O)c2ccc(C)cc2)cc1. The van der Waals surface area contributed by atoms with E-state index < -0.39 is 22.5 Å². The third-order valence-electron chi connectivity index (χ3n) is 6.42. The molecule has 0 aliphatic heterocycles. The van der Waals surface area contributed by atoms with Gasteiger partial charge < -0.3 is 15.4 Å². The Morgan fingerprint density at radius 3 is 2.15 bits per heavy atom. The molecule has 0 saturated carbocycles. The summed E-state index contributed by atoms with van der Waals surface area (Å²) in [5, 5.41) is 5.69. The summed E-state index contributed by atoms with van der Waals surface area (Å²) in [6.45, 7) is 5.54. The number of anilines is 2. The molecule has 0 heterocycles. The monoisotopic (exact) mass is 571 g/mol. The van der Waals surface area contributed by atoms with Crippen LogP contribution in [0.25, 0.3) is 0 Å². The van der Waals surface area contributed by atoms with Crippen LogP contribution in [-0.2, 0) is 14.8 Å². The summed E-state index contributed by atoms with van der Waals surface area (Å²) in [4.78, 5) is 26.5. The van der Waals surface area contributed by atoms with Gasteiger partial charge in [-0.3, -0.25) is 13.9 Å². The number of benzene rings is 4. The third kappa shape index (κ3) is 7.32. The lowest BCUT2D eigenvalue weighted by atomic mass is 10.1. The number of sulfonamides is 1. The third-order valence-corrected chi connectivity index (χ3v) is 8.21. The first-order valence-corrected chi connectivity index (χ1v) is 14.7. The van der Waals surface area contributed by atoms with E-state index in [-0.39, 0.29) is 28.1 Å². The maximum atomic E-state index is 13.7. The number of nitrogens with one attached hydrogen (secondary N) is 2. The molecule has 0 bridgehead atoms. The van der Waals surface area contributed by atoms with Crippen LogP contribution in [0.1, 0.15) is 41.4 Å². The first kappa shape index (κ1) is 29.4. The summed E-state index contributed by atoms with van der Waals surface area (Å²) in [5.41, 5.74) is 2.68. The molecule has 0 saturated heterocycles. The van der Waals surface area contributed by atoms with Gasteiger partial charge in [-0.15, -0.1) is 0 Å². The van der Waals surface area contributed by atoms with Crippen molar-refractivity contribution in [3.8, 4) is 5.75 Å². The van der Waals surface area contributed by atoms with E-state index in [2.05, 4.69) is 10.6 Å². The smallest absolute Gasteiger partial charge is 0.264 e. The van der Waals surface area contributed by atoms with Gasteiger partial charge in [0.1, 0.15) is 12.3 Å². The van der Waals surface area contributed by atoms with Gasteiger partial charge in [0.15, 0.2) is 0 Å². The van der Waals surface area contributed by atoms with Gasteiger partial charge in [-0.2, -0.15) is 0 Å². The van der Waals surface area contributed by atoms with E-state index in [9.17, 15) is 18.0 Å². The Kier molecular flexibility index (Phi) is 9.41. The zero-order valence-corrected chi connectivity index (χ0v) is 24.0. The van der Waals surface area contributed by atoms with Crippen LogP contribution in [0.15, 0.2) is 108 Å². The van der Waals surface area contributed by atoms with Gasteiger partial charge >= 0.3 is 0 Å². The second kappa shape index (κ2) is 13.1. The number of amides is 2. The lowest BCUT2D eigenvalue weighted by molar-refractivity contribution is -0.114. The number of ether oxygens (including phenoxy) is 1. The molecule has 0 aliphatic rings. The molecule has 0 fully saturated rings. The summed E-state index contributed by atoms with van der Waals surface area (Å²) >= 11 is 0. The van der Waals surface area contributed by atoms with E-state index in [4.69, 9.17) is 4.74 Å². The first-order chi connectivity index (χ1) is 19.7. The van der Waals surface area contributed by atoms with Gasteiger partial charge in [0.05, 0.1) is 34.5 Å². The van der Waals surface area contributed by atoms with Crippen LogP contribution >= 0.6 is 0 Å². The predicted molar refractivity (Wildman–Crippen MR) is 161 cm³/mol. The molecule has 212 valence electrons. The van der Waals surface area contributed by atoms with Crippen molar-refractivity contribution < 1.29 is 22.7 Å². The van der Waals surface area contributed by atoms with Crippen molar-refractivity contribution >= 4 is 33.2 Å². The molecule has 0 radical (unpaired) electrons. The van der Waals surface area contributed by atoms with E-state index in [1.54, 1.807) is 60.7 Å². The Morgan fingerprint density at radius 2 is 1.49 bits per heavy atom. The van der Waals surface area contributed by atoms with Crippen molar-refractivity contribution in [2.24, 2.45) is 0 Å². The molecular formula is C32H33N3O5S. The molecular weight excluding hydrogens is 538 g/mol. The van der Waals surface area contributed by atoms with Crippen LogP contribution in [0, 0.1) is 6.92 Å². The number of rotatable bonds is 11. The van der Waals surface area contributed by atoms with Crippen LogP contribution in [-0.4, -0.2) is 33.4 Å². The number of aryl methyl sites for hydroxylation is 1. The zero-order chi connectivity index (χ0) is 29.4. The minimum Gasteiger partial charge on any atom is -0.494 e. The van der Waals surface area contributed by atoms with Crippen molar-refractivity contribution in [3.63, 3.8) is 0 Å². The standard InChI is InChI=1S/C32H33N3O5S/c1-4-40-27-18-16-26(17-19-27)35(41(38,39)28-20-14-23(2)15-21-28)22-31(36)34-30-13-9-8-12-29(30)32(37)33-24(3)25-10-6-5-7-11-25/h5-21,24H,4,22H2,1-3H3,(H,33,37)(H,34,36)/t24-/m0/s1. The highest BCUT2D eigenvalue weighted by atomic mass is 32.2. The maximum Gasteiger partial charge on any atom is 0.264 e. The Hall–Kier alpha value is -4.63. The molecule has 0 unspecified atom stereocenters. The van der Waals surface area contributed by atoms with Crippen molar-refractivity contribution in [2.45, 2.75) is 31.7 Å². The number of hydrogen-bond donors (Lipinski definition) is 2. The van der Waals surface area contributed by atoms with Gasteiger partial charge in [-0.25, -0.2) is 8.42 Å². The Labute approximate surface area is 241 Å². The minimum atomic E-state index is -4.10. The highest BCUT2D eigenvalue weighted by Gasteiger charge is 2.28. The summed E-state index contributed by atoms with van der Waals surface area (Å²) in [7, 11) is -4.10. The topological polar surface area (TPSA) is 105 Å². The highest BCUT2D eigenvalue weighted by molar-refractivity contribution is 7.92. The minimum absolute atomic E-state index is 0.0551. The largest absolute Gasteiger partial charge is 0.494 e. The van der Waals surface area contributed by atoms with Gasteiger partial charge in [0.25, 0.3) is 15.9 Å². The molecule has 0 aromatic heterocycles. The Morgan fingerprint density at radius 1 is 0.854 bits per heavy atom.